The van der Waals surface area contributed by atoms with Gasteiger partial charge in [-0.3, -0.25) is 4.79 Å². The number of nitrogens with one attached hydrogen (secondary N) is 1. The molecule has 0 aliphatic rings. The first-order valence-corrected chi connectivity index (χ1v) is 6.60. The molecule has 0 aromatic heterocycles. The number of alkyl halides is 1. The molecule has 4 heteroatoms. The van der Waals surface area contributed by atoms with E-state index in [1.807, 2.05) is 0 Å². The molecule has 0 saturated carbocycles. The van der Waals surface area contributed by atoms with Crippen LogP contribution in [-0.2, 0) is 9.53 Å². The Balaban J connectivity index is 3.74. The molecule has 0 aliphatic heterocycles. The van der Waals surface area contributed by atoms with Crippen molar-refractivity contribution in [2.45, 2.75) is 45.9 Å². The average molecular weight is 264 g/mol. The molecule has 0 aromatic rings. The first-order chi connectivity index (χ1) is 7.77. The van der Waals surface area contributed by atoms with Gasteiger partial charge in [0, 0.05) is 20.1 Å². The van der Waals surface area contributed by atoms with Crippen LogP contribution in [0.15, 0.2) is 0 Å². The fourth-order valence-corrected chi connectivity index (χ4v) is 1.52. The Bertz CT molecular complexity index is 226. The van der Waals surface area contributed by atoms with Crippen molar-refractivity contribution in [2.24, 2.45) is 11.3 Å². The highest BCUT2D eigenvalue weighted by Crippen LogP contribution is 2.27. The van der Waals surface area contributed by atoms with Crippen molar-refractivity contribution >= 4 is 17.5 Å². The lowest BCUT2D eigenvalue weighted by atomic mass is 9.80. The number of hydrogen-bond donors (Lipinski definition) is 1. The van der Waals surface area contributed by atoms with Crippen LogP contribution in [0, 0.1) is 11.3 Å². The lowest BCUT2D eigenvalue weighted by Gasteiger charge is -2.26. The van der Waals surface area contributed by atoms with Gasteiger partial charge in [0.25, 0.3) is 0 Å². The SMILES string of the molecule is COCC(Cl)CCNC(=O)CC(C)C(C)(C)C. The van der Waals surface area contributed by atoms with Crippen molar-refractivity contribution in [1.29, 1.82) is 0 Å². The van der Waals surface area contributed by atoms with E-state index in [4.69, 9.17) is 16.3 Å². The molecular formula is C13H26ClNO2. The molecule has 0 aromatic carbocycles. The van der Waals surface area contributed by atoms with E-state index in [2.05, 4.69) is 33.0 Å². The fourth-order valence-electron chi connectivity index (χ4n) is 1.29. The summed E-state index contributed by atoms with van der Waals surface area (Å²) in [4.78, 5) is 11.7. The summed E-state index contributed by atoms with van der Waals surface area (Å²) in [6.45, 7) is 9.70. The molecule has 17 heavy (non-hydrogen) atoms. The van der Waals surface area contributed by atoms with E-state index >= 15 is 0 Å². The van der Waals surface area contributed by atoms with Crippen LogP contribution in [0.4, 0.5) is 0 Å². The van der Waals surface area contributed by atoms with Crippen molar-refractivity contribution < 1.29 is 9.53 Å². The van der Waals surface area contributed by atoms with Gasteiger partial charge in [-0.25, -0.2) is 0 Å². The average Bonchev–Trinajstić information content (AvgIpc) is 2.16. The summed E-state index contributed by atoms with van der Waals surface area (Å²) in [6.07, 6.45) is 1.31. The minimum Gasteiger partial charge on any atom is -0.383 e. The van der Waals surface area contributed by atoms with Gasteiger partial charge >= 0.3 is 0 Å². The topological polar surface area (TPSA) is 38.3 Å². The van der Waals surface area contributed by atoms with Gasteiger partial charge in [-0.05, 0) is 17.8 Å². The predicted molar refractivity (Wildman–Crippen MR) is 72.4 cm³/mol. The summed E-state index contributed by atoms with van der Waals surface area (Å²) in [5.74, 6) is 0.474. The fraction of sp³-hybridized carbons (Fsp3) is 0.923. The van der Waals surface area contributed by atoms with E-state index in [1.54, 1.807) is 7.11 Å². The Kier molecular flexibility index (Phi) is 7.80. The number of hydrogen-bond acceptors (Lipinski definition) is 2. The Morgan fingerprint density at radius 2 is 2.00 bits per heavy atom. The molecule has 0 fully saturated rings. The molecule has 102 valence electrons. The first-order valence-electron chi connectivity index (χ1n) is 6.17. The molecule has 0 aliphatic carbocycles. The lowest BCUT2D eigenvalue weighted by Crippen LogP contribution is -2.31. The van der Waals surface area contributed by atoms with Crippen molar-refractivity contribution in [3.63, 3.8) is 0 Å². The van der Waals surface area contributed by atoms with E-state index in [0.717, 1.165) is 6.42 Å². The van der Waals surface area contributed by atoms with E-state index < -0.39 is 0 Å². The van der Waals surface area contributed by atoms with Gasteiger partial charge < -0.3 is 10.1 Å². The maximum atomic E-state index is 11.7. The van der Waals surface area contributed by atoms with Crippen molar-refractivity contribution in [3.05, 3.63) is 0 Å². The monoisotopic (exact) mass is 263 g/mol. The van der Waals surface area contributed by atoms with E-state index in [-0.39, 0.29) is 16.7 Å². The van der Waals surface area contributed by atoms with Crippen molar-refractivity contribution in [3.8, 4) is 0 Å². The number of rotatable bonds is 7. The highest BCUT2D eigenvalue weighted by Gasteiger charge is 2.22. The molecule has 0 saturated heterocycles. The molecule has 1 amide bonds. The Labute approximate surface area is 110 Å². The lowest BCUT2D eigenvalue weighted by molar-refractivity contribution is -0.122. The summed E-state index contributed by atoms with van der Waals surface area (Å²) < 4.78 is 4.93. The van der Waals surface area contributed by atoms with Crippen LogP contribution < -0.4 is 5.32 Å². The van der Waals surface area contributed by atoms with Crippen LogP contribution in [0.25, 0.3) is 0 Å². The van der Waals surface area contributed by atoms with Crippen LogP contribution in [0.5, 0.6) is 0 Å². The van der Waals surface area contributed by atoms with E-state index in [9.17, 15) is 4.79 Å². The zero-order valence-corrected chi connectivity index (χ0v) is 12.4. The van der Waals surface area contributed by atoms with Gasteiger partial charge in [-0.2, -0.15) is 0 Å². The summed E-state index contributed by atoms with van der Waals surface area (Å²) in [5, 5.41) is 2.87. The van der Waals surface area contributed by atoms with Crippen LogP contribution in [0.1, 0.15) is 40.5 Å². The summed E-state index contributed by atoms with van der Waals surface area (Å²) in [6, 6.07) is 0. The van der Waals surface area contributed by atoms with Gasteiger partial charge in [-0.15, -0.1) is 11.6 Å². The van der Waals surface area contributed by atoms with Gasteiger partial charge in [0.1, 0.15) is 0 Å². The third-order valence-corrected chi connectivity index (χ3v) is 3.44. The maximum absolute atomic E-state index is 11.7. The van der Waals surface area contributed by atoms with Gasteiger partial charge in [0.05, 0.1) is 12.0 Å². The smallest absolute Gasteiger partial charge is 0.220 e. The molecule has 3 nitrogen and oxygen atoms in total. The second kappa shape index (κ2) is 7.93. The third-order valence-electron chi connectivity index (χ3n) is 3.10. The quantitative estimate of drug-likeness (QED) is 0.718. The zero-order valence-electron chi connectivity index (χ0n) is 11.7. The highest BCUT2D eigenvalue weighted by molar-refractivity contribution is 6.20. The molecule has 0 heterocycles. The number of amides is 1. The highest BCUT2D eigenvalue weighted by atomic mass is 35.5. The Morgan fingerprint density at radius 1 is 1.41 bits per heavy atom. The molecule has 0 radical (unpaired) electrons. The van der Waals surface area contributed by atoms with Crippen LogP contribution in [0.3, 0.4) is 0 Å². The number of carbonyl (C=O) groups excluding carboxylic acids is 1. The van der Waals surface area contributed by atoms with E-state index in [0.29, 0.717) is 25.5 Å². The second-order valence-electron chi connectivity index (χ2n) is 5.66. The molecule has 0 rings (SSSR count). The van der Waals surface area contributed by atoms with Crippen LogP contribution >= 0.6 is 11.6 Å². The molecular weight excluding hydrogens is 238 g/mol. The largest absolute Gasteiger partial charge is 0.383 e. The van der Waals surface area contributed by atoms with E-state index in [1.165, 1.54) is 0 Å². The van der Waals surface area contributed by atoms with Crippen LogP contribution in [-0.4, -0.2) is 31.5 Å². The Hall–Kier alpha value is -0.280. The number of carbonyl (C=O) groups is 1. The molecule has 0 bridgehead atoms. The normalized spacial score (nSPS) is 15.4. The molecule has 2 unspecified atom stereocenters. The summed E-state index contributed by atoms with van der Waals surface area (Å²) >= 11 is 5.97. The minimum atomic E-state index is -0.0275. The summed E-state index contributed by atoms with van der Waals surface area (Å²) in [5.41, 5.74) is 0.169. The predicted octanol–water partition coefficient (Wildman–Crippen LogP) is 2.82. The maximum Gasteiger partial charge on any atom is 0.220 e. The molecule has 0 spiro atoms. The first kappa shape index (κ1) is 16.7. The number of halogens is 1. The standard InChI is InChI=1S/C13H26ClNO2/c1-10(13(2,3)4)8-12(16)15-7-6-11(14)9-17-5/h10-11H,6-9H2,1-5H3,(H,15,16). The minimum absolute atomic E-state index is 0.0275. The molecule has 2 atom stereocenters. The van der Waals surface area contributed by atoms with Gasteiger partial charge in [0.2, 0.25) is 5.91 Å². The Morgan fingerprint density at radius 3 is 2.47 bits per heavy atom. The van der Waals surface area contributed by atoms with Crippen molar-refractivity contribution in [2.75, 3.05) is 20.3 Å². The third kappa shape index (κ3) is 8.44. The summed E-state index contributed by atoms with van der Waals surface area (Å²) in [7, 11) is 1.62. The van der Waals surface area contributed by atoms with Gasteiger partial charge in [0.15, 0.2) is 0 Å². The van der Waals surface area contributed by atoms with Gasteiger partial charge in [-0.1, -0.05) is 27.7 Å². The van der Waals surface area contributed by atoms with Crippen molar-refractivity contribution in [1.82, 2.24) is 5.32 Å². The zero-order chi connectivity index (χ0) is 13.5. The molecule has 1 N–H and O–H groups in total. The number of ether oxygens (including phenoxy) is 1. The van der Waals surface area contributed by atoms with Crippen LogP contribution in [0.2, 0.25) is 0 Å². The second-order valence-corrected chi connectivity index (χ2v) is 6.28. The number of methoxy groups -OCH3 is 1.